The number of carbonyl (C=O) groups excluding carboxylic acids is 1. The van der Waals surface area contributed by atoms with Crippen molar-refractivity contribution >= 4 is 11.7 Å². The first-order valence-corrected chi connectivity index (χ1v) is 9.20. The molecule has 1 N–H and O–H groups in total. The highest BCUT2D eigenvalue weighted by Gasteiger charge is 2.44. The van der Waals surface area contributed by atoms with E-state index in [-0.39, 0.29) is 5.41 Å². The minimum absolute atomic E-state index is 0.130. The van der Waals surface area contributed by atoms with Gasteiger partial charge in [-0.1, -0.05) is 17.7 Å². The molecule has 3 heterocycles. The molecule has 2 fully saturated rings. The van der Waals surface area contributed by atoms with Gasteiger partial charge in [-0.25, -0.2) is 4.98 Å². The normalized spacial score (nSPS) is 20.9. The predicted octanol–water partition coefficient (Wildman–Crippen LogP) is 2.92. The third-order valence-corrected chi connectivity index (χ3v) is 5.46. The summed E-state index contributed by atoms with van der Waals surface area (Å²) in [5.41, 5.74) is 2.10. The van der Waals surface area contributed by atoms with Gasteiger partial charge in [-0.05, 0) is 45.7 Å². The van der Waals surface area contributed by atoms with E-state index in [1.165, 1.54) is 5.57 Å². The molecule has 0 aliphatic carbocycles. The van der Waals surface area contributed by atoms with Gasteiger partial charge in [0, 0.05) is 38.0 Å². The molecular formula is C20H29N3O2. The van der Waals surface area contributed by atoms with Crippen molar-refractivity contribution in [2.45, 2.75) is 46.1 Å². The number of aliphatic hydroxyl groups is 1. The molecule has 2 aliphatic heterocycles. The minimum Gasteiger partial charge on any atom is -0.387 e. The summed E-state index contributed by atoms with van der Waals surface area (Å²) in [4.78, 5) is 21.2. The zero-order chi connectivity index (χ0) is 18.0. The summed E-state index contributed by atoms with van der Waals surface area (Å²) >= 11 is 0. The van der Waals surface area contributed by atoms with E-state index in [1.807, 2.05) is 23.1 Å². The Labute approximate surface area is 150 Å². The summed E-state index contributed by atoms with van der Waals surface area (Å²) in [6, 6.07) is 5.82. The number of hydrogen-bond donors (Lipinski definition) is 1. The summed E-state index contributed by atoms with van der Waals surface area (Å²) < 4.78 is 0. The van der Waals surface area contributed by atoms with Gasteiger partial charge in [0.1, 0.15) is 5.82 Å². The Hall–Kier alpha value is -1.88. The van der Waals surface area contributed by atoms with Crippen LogP contribution in [-0.4, -0.2) is 47.1 Å². The van der Waals surface area contributed by atoms with Crippen molar-refractivity contribution in [1.82, 2.24) is 9.88 Å². The fraction of sp³-hybridized carbons (Fsp3) is 0.600. The molecular weight excluding hydrogens is 314 g/mol. The molecule has 136 valence electrons. The molecule has 0 saturated carbocycles. The average molecular weight is 343 g/mol. The smallest absolute Gasteiger partial charge is 0.223 e. The molecule has 0 unspecified atom stereocenters. The van der Waals surface area contributed by atoms with Crippen LogP contribution in [-0.2, 0) is 4.79 Å². The molecule has 3 rings (SSSR count). The van der Waals surface area contributed by atoms with Gasteiger partial charge < -0.3 is 14.9 Å². The van der Waals surface area contributed by atoms with Crippen molar-refractivity contribution in [1.29, 1.82) is 0 Å². The lowest BCUT2D eigenvalue weighted by molar-refractivity contribution is -0.127. The van der Waals surface area contributed by atoms with Crippen LogP contribution in [0.15, 0.2) is 29.8 Å². The molecule has 25 heavy (non-hydrogen) atoms. The molecule has 0 bridgehead atoms. The minimum atomic E-state index is -0.549. The number of amides is 1. The molecule has 2 saturated heterocycles. The van der Waals surface area contributed by atoms with E-state index in [1.54, 1.807) is 6.92 Å². The molecule has 5 heteroatoms. The Morgan fingerprint density at radius 2 is 2.08 bits per heavy atom. The van der Waals surface area contributed by atoms with Crippen LogP contribution in [0.3, 0.4) is 0 Å². The lowest BCUT2D eigenvalue weighted by Crippen LogP contribution is -2.42. The van der Waals surface area contributed by atoms with E-state index >= 15 is 0 Å². The van der Waals surface area contributed by atoms with Gasteiger partial charge in [0.25, 0.3) is 0 Å². The Balaban J connectivity index is 1.63. The molecule has 5 nitrogen and oxygen atoms in total. The van der Waals surface area contributed by atoms with Crippen LogP contribution in [0.2, 0.25) is 0 Å². The quantitative estimate of drug-likeness (QED) is 0.854. The van der Waals surface area contributed by atoms with Crippen LogP contribution < -0.4 is 4.90 Å². The average Bonchev–Trinajstić information content (AvgIpc) is 2.89. The molecule has 1 aromatic heterocycles. The summed E-state index contributed by atoms with van der Waals surface area (Å²) in [6.07, 6.45) is 4.30. The lowest BCUT2D eigenvalue weighted by atomic mass is 9.77. The van der Waals surface area contributed by atoms with E-state index in [9.17, 15) is 9.90 Å². The summed E-state index contributed by atoms with van der Waals surface area (Å²) in [7, 11) is 0. The van der Waals surface area contributed by atoms with Crippen LogP contribution in [0.1, 0.15) is 51.8 Å². The number of nitrogens with zero attached hydrogens (tertiary/aromatic N) is 3. The maximum Gasteiger partial charge on any atom is 0.223 e. The Morgan fingerprint density at radius 1 is 1.36 bits per heavy atom. The fourth-order valence-corrected chi connectivity index (χ4v) is 3.83. The zero-order valence-corrected chi connectivity index (χ0v) is 15.5. The van der Waals surface area contributed by atoms with Gasteiger partial charge in [0.2, 0.25) is 5.91 Å². The van der Waals surface area contributed by atoms with E-state index in [0.29, 0.717) is 18.0 Å². The van der Waals surface area contributed by atoms with Gasteiger partial charge in [-0.3, -0.25) is 4.79 Å². The molecule has 1 atom stereocenters. The fourth-order valence-electron chi connectivity index (χ4n) is 3.83. The van der Waals surface area contributed by atoms with Crippen LogP contribution in [0.5, 0.6) is 0 Å². The molecule has 0 aromatic carbocycles. The van der Waals surface area contributed by atoms with Crippen LogP contribution in [0, 0.1) is 5.41 Å². The van der Waals surface area contributed by atoms with Gasteiger partial charge in [0.05, 0.1) is 11.8 Å². The third-order valence-electron chi connectivity index (χ3n) is 5.46. The molecule has 2 aliphatic rings. The van der Waals surface area contributed by atoms with Crippen molar-refractivity contribution in [3.63, 3.8) is 0 Å². The second kappa shape index (κ2) is 7.16. The lowest BCUT2D eigenvalue weighted by Gasteiger charge is -2.39. The van der Waals surface area contributed by atoms with E-state index < -0.39 is 6.10 Å². The highest BCUT2D eigenvalue weighted by molar-refractivity contribution is 5.79. The first-order chi connectivity index (χ1) is 11.9. The number of likely N-dealkylation sites (tertiary alicyclic amines) is 1. The highest BCUT2D eigenvalue weighted by Crippen LogP contribution is 2.41. The molecule has 1 spiro atoms. The Kier molecular flexibility index (Phi) is 5.13. The number of aliphatic hydroxyl groups excluding tert-OH is 1. The Morgan fingerprint density at radius 3 is 2.72 bits per heavy atom. The van der Waals surface area contributed by atoms with Crippen LogP contribution in [0.25, 0.3) is 0 Å². The number of piperidine rings is 1. The van der Waals surface area contributed by atoms with Gasteiger partial charge in [0.15, 0.2) is 0 Å². The van der Waals surface area contributed by atoms with E-state index in [0.717, 1.165) is 44.8 Å². The number of pyridine rings is 1. The van der Waals surface area contributed by atoms with Gasteiger partial charge in [-0.2, -0.15) is 0 Å². The number of carbonyl (C=O) groups is 1. The maximum absolute atomic E-state index is 12.4. The summed E-state index contributed by atoms with van der Waals surface area (Å²) in [5.74, 6) is 1.22. The second-order valence-corrected chi connectivity index (χ2v) is 7.82. The topological polar surface area (TPSA) is 56.7 Å². The highest BCUT2D eigenvalue weighted by atomic mass is 16.3. The van der Waals surface area contributed by atoms with Crippen molar-refractivity contribution in [3.8, 4) is 0 Å². The molecule has 1 aromatic rings. The molecule has 1 amide bonds. The zero-order valence-electron chi connectivity index (χ0n) is 15.5. The first kappa shape index (κ1) is 17.9. The Bertz CT molecular complexity index is 657. The third kappa shape index (κ3) is 4.03. The number of allylic oxidation sites excluding steroid dienone is 1. The molecule has 0 radical (unpaired) electrons. The van der Waals surface area contributed by atoms with Crippen molar-refractivity contribution in [2.75, 3.05) is 31.1 Å². The van der Waals surface area contributed by atoms with Crippen LogP contribution in [0.4, 0.5) is 5.82 Å². The first-order valence-electron chi connectivity index (χ1n) is 9.20. The maximum atomic E-state index is 12.4. The van der Waals surface area contributed by atoms with Crippen molar-refractivity contribution < 1.29 is 9.90 Å². The van der Waals surface area contributed by atoms with Gasteiger partial charge >= 0.3 is 0 Å². The predicted molar refractivity (Wildman–Crippen MR) is 99.4 cm³/mol. The standard InChI is InChI=1S/C20H29N3O2/c1-15(2)7-10-23-14-20(13-19(23)25)8-11-22(12-9-20)18-6-4-5-17(21-18)16(3)24/h4-7,16,24H,8-14H2,1-3H3/t16-/m0/s1. The number of anilines is 1. The van der Waals surface area contributed by atoms with E-state index in [4.69, 9.17) is 0 Å². The van der Waals surface area contributed by atoms with E-state index in [2.05, 4.69) is 29.8 Å². The summed E-state index contributed by atoms with van der Waals surface area (Å²) in [6.45, 7) is 9.34. The number of aromatic nitrogens is 1. The SMILES string of the molecule is CC(C)=CCN1CC2(CCN(c3cccc([C@H](C)O)n3)CC2)CC1=O. The summed E-state index contributed by atoms with van der Waals surface area (Å²) in [5, 5.41) is 9.73. The second-order valence-electron chi connectivity index (χ2n) is 7.82. The largest absolute Gasteiger partial charge is 0.387 e. The van der Waals surface area contributed by atoms with Crippen molar-refractivity contribution in [3.05, 3.63) is 35.5 Å². The van der Waals surface area contributed by atoms with Gasteiger partial charge in [-0.15, -0.1) is 0 Å². The van der Waals surface area contributed by atoms with Crippen LogP contribution >= 0.6 is 0 Å². The monoisotopic (exact) mass is 343 g/mol. The number of hydrogen-bond acceptors (Lipinski definition) is 4. The van der Waals surface area contributed by atoms with Crippen molar-refractivity contribution in [2.24, 2.45) is 5.41 Å². The number of rotatable bonds is 4.